The van der Waals surface area contributed by atoms with Crippen molar-refractivity contribution in [1.29, 1.82) is 0 Å². The summed E-state index contributed by atoms with van der Waals surface area (Å²) in [6, 6.07) is 14.4. The average molecular weight is 472 g/mol. The van der Waals surface area contributed by atoms with Gasteiger partial charge in [0.25, 0.3) is 5.91 Å². The number of nitrogens with zero attached hydrogens (tertiary/aromatic N) is 2. The van der Waals surface area contributed by atoms with Crippen molar-refractivity contribution < 1.29 is 22.7 Å². The number of ether oxygens (including phenoxy) is 1. The van der Waals surface area contributed by atoms with Crippen LogP contribution in [0.1, 0.15) is 34.5 Å². The van der Waals surface area contributed by atoms with Crippen LogP contribution in [0.15, 0.2) is 48.5 Å². The highest BCUT2D eigenvalue weighted by molar-refractivity contribution is 7.94. The summed E-state index contributed by atoms with van der Waals surface area (Å²) in [7, 11) is -3.67. The first-order valence-electron chi connectivity index (χ1n) is 11.1. The van der Waals surface area contributed by atoms with Crippen LogP contribution in [0.2, 0.25) is 0 Å². The number of benzene rings is 2. The summed E-state index contributed by atoms with van der Waals surface area (Å²) in [5.74, 6) is -1.47. The third kappa shape index (κ3) is 5.10. The number of nitrogens with one attached hydrogen (secondary N) is 1. The maximum absolute atomic E-state index is 12.8. The highest BCUT2D eigenvalue weighted by Crippen LogP contribution is 2.28. The topological polar surface area (TPSA) is 96.0 Å². The number of anilines is 1. The first kappa shape index (κ1) is 23.4. The molecule has 0 aliphatic carbocycles. The molecule has 2 aromatic rings. The number of amides is 2. The molecule has 8 nitrogen and oxygen atoms in total. The van der Waals surface area contributed by atoms with Gasteiger partial charge in [-0.2, -0.15) is 0 Å². The zero-order valence-electron chi connectivity index (χ0n) is 18.9. The van der Waals surface area contributed by atoms with E-state index in [1.807, 2.05) is 6.92 Å². The number of carbonyl (C=O) groups excluding carboxylic acids is 2. The normalized spacial score (nSPS) is 21.7. The first-order valence-corrected chi connectivity index (χ1v) is 12.7. The number of aryl methyl sites for hydroxylation is 1. The maximum atomic E-state index is 12.8. The molecule has 1 N–H and O–H groups in total. The lowest BCUT2D eigenvalue weighted by atomic mass is 10.0. The van der Waals surface area contributed by atoms with E-state index in [4.69, 9.17) is 4.74 Å². The Balaban J connectivity index is 1.46. The minimum absolute atomic E-state index is 0.0200. The highest BCUT2D eigenvalue weighted by Gasteiger charge is 2.41. The molecule has 33 heavy (non-hydrogen) atoms. The molecule has 0 radical (unpaired) electrons. The van der Waals surface area contributed by atoms with Crippen LogP contribution in [0.3, 0.4) is 0 Å². The molecule has 4 rings (SSSR count). The zero-order valence-corrected chi connectivity index (χ0v) is 19.7. The van der Waals surface area contributed by atoms with Crippen molar-refractivity contribution in [3.63, 3.8) is 0 Å². The number of hydrogen-bond acceptors (Lipinski definition) is 6. The van der Waals surface area contributed by atoms with Crippen molar-refractivity contribution in [1.82, 2.24) is 10.2 Å². The molecule has 2 aliphatic rings. The SMILES string of the molecule is Cc1ccc(C(CNC(=O)c2ccc(N3C(=O)C(C)CS3(=O)=O)cc2)N2CCOCC2)cc1. The van der Waals surface area contributed by atoms with E-state index < -0.39 is 21.8 Å². The molecule has 0 saturated carbocycles. The molecule has 9 heteroatoms. The fourth-order valence-corrected chi connectivity index (χ4v) is 6.08. The minimum Gasteiger partial charge on any atom is -0.379 e. The number of sulfonamides is 1. The van der Waals surface area contributed by atoms with Crippen LogP contribution >= 0.6 is 0 Å². The number of morpholine rings is 1. The van der Waals surface area contributed by atoms with Crippen LogP contribution in [-0.4, -0.2) is 63.7 Å². The summed E-state index contributed by atoms with van der Waals surface area (Å²) in [6.45, 7) is 6.98. The van der Waals surface area contributed by atoms with Gasteiger partial charge in [0.05, 0.1) is 36.6 Å². The van der Waals surface area contributed by atoms with Crippen molar-refractivity contribution >= 4 is 27.5 Å². The van der Waals surface area contributed by atoms with Crippen LogP contribution in [0, 0.1) is 12.8 Å². The van der Waals surface area contributed by atoms with Gasteiger partial charge in [0.2, 0.25) is 15.9 Å². The Bertz CT molecular complexity index is 1110. The smallest absolute Gasteiger partial charge is 0.251 e. The number of rotatable bonds is 6. The molecule has 2 atom stereocenters. The molecule has 2 heterocycles. The van der Waals surface area contributed by atoms with Gasteiger partial charge < -0.3 is 10.1 Å². The van der Waals surface area contributed by atoms with E-state index in [9.17, 15) is 18.0 Å². The van der Waals surface area contributed by atoms with Crippen molar-refractivity contribution in [2.24, 2.45) is 5.92 Å². The van der Waals surface area contributed by atoms with Crippen LogP contribution in [0.5, 0.6) is 0 Å². The van der Waals surface area contributed by atoms with Gasteiger partial charge >= 0.3 is 0 Å². The molecular weight excluding hydrogens is 442 g/mol. The fraction of sp³-hybridized carbons (Fsp3) is 0.417. The molecule has 0 spiro atoms. The Morgan fingerprint density at radius 1 is 1.09 bits per heavy atom. The van der Waals surface area contributed by atoms with Crippen LogP contribution < -0.4 is 9.62 Å². The van der Waals surface area contributed by atoms with E-state index in [-0.39, 0.29) is 23.4 Å². The van der Waals surface area contributed by atoms with Gasteiger partial charge in [-0.05, 0) is 36.8 Å². The first-order chi connectivity index (χ1) is 15.8. The third-order valence-corrected chi connectivity index (χ3v) is 8.00. The average Bonchev–Trinajstić information content (AvgIpc) is 3.02. The predicted octanol–water partition coefficient (Wildman–Crippen LogP) is 2.11. The highest BCUT2D eigenvalue weighted by atomic mass is 32.2. The monoisotopic (exact) mass is 471 g/mol. The van der Waals surface area contributed by atoms with E-state index in [1.165, 1.54) is 17.7 Å². The van der Waals surface area contributed by atoms with Gasteiger partial charge in [-0.1, -0.05) is 36.8 Å². The fourth-order valence-electron chi connectivity index (χ4n) is 4.26. The summed E-state index contributed by atoms with van der Waals surface area (Å²) < 4.78 is 30.9. The molecule has 2 aromatic carbocycles. The molecule has 2 aliphatic heterocycles. The molecule has 2 amide bonds. The molecule has 0 bridgehead atoms. The van der Waals surface area contributed by atoms with Gasteiger partial charge in [0.15, 0.2) is 0 Å². The quantitative estimate of drug-likeness (QED) is 0.693. The lowest BCUT2D eigenvalue weighted by Crippen LogP contribution is -2.43. The maximum Gasteiger partial charge on any atom is 0.251 e. The van der Waals surface area contributed by atoms with Crippen LogP contribution in [0.4, 0.5) is 5.69 Å². The van der Waals surface area contributed by atoms with Gasteiger partial charge in [-0.15, -0.1) is 0 Å². The van der Waals surface area contributed by atoms with Gasteiger partial charge in [-0.25, -0.2) is 12.7 Å². The number of carbonyl (C=O) groups is 2. The predicted molar refractivity (Wildman–Crippen MR) is 126 cm³/mol. The third-order valence-electron chi connectivity index (χ3n) is 6.13. The zero-order chi connectivity index (χ0) is 23.6. The Labute approximate surface area is 194 Å². The Morgan fingerprint density at radius 2 is 1.73 bits per heavy atom. The lowest BCUT2D eigenvalue weighted by Gasteiger charge is -2.35. The van der Waals surface area contributed by atoms with Gasteiger partial charge in [0.1, 0.15) is 0 Å². The standard InChI is InChI=1S/C24H29N3O5S/c1-17-3-5-19(6-4-17)22(26-11-13-32-14-12-26)15-25-23(28)20-7-9-21(10-8-20)27-24(29)18(2)16-33(27,30)31/h3-10,18,22H,11-16H2,1-2H3,(H,25,28). The second-order valence-electron chi connectivity index (χ2n) is 8.61. The van der Waals surface area contributed by atoms with Gasteiger partial charge in [-0.3, -0.25) is 14.5 Å². The summed E-state index contributed by atoms with van der Waals surface area (Å²) in [5, 5.41) is 3.01. The Hall–Kier alpha value is -2.75. The van der Waals surface area contributed by atoms with Crippen molar-refractivity contribution in [2.45, 2.75) is 19.9 Å². The molecule has 2 fully saturated rings. The molecule has 176 valence electrons. The largest absolute Gasteiger partial charge is 0.379 e. The summed E-state index contributed by atoms with van der Waals surface area (Å²) in [6.07, 6.45) is 0. The number of hydrogen-bond donors (Lipinski definition) is 1. The van der Waals surface area contributed by atoms with E-state index in [0.29, 0.717) is 25.3 Å². The summed E-state index contributed by atoms with van der Waals surface area (Å²) in [4.78, 5) is 27.4. The molecular formula is C24H29N3O5S. The molecule has 2 saturated heterocycles. The van der Waals surface area contributed by atoms with Crippen LogP contribution in [0.25, 0.3) is 0 Å². The van der Waals surface area contributed by atoms with Crippen LogP contribution in [-0.2, 0) is 19.6 Å². The second kappa shape index (κ2) is 9.62. The summed E-state index contributed by atoms with van der Waals surface area (Å²) >= 11 is 0. The van der Waals surface area contributed by atoms with E-state index in [0.717, 1.165) is 23.0 Å². The van der Waals surface area contributed by atoms with Crippen molar-refractivity contribution in [2.75, 3.05) is 42.9 Å². The van der Waals surface area contributed by atoms with Gasteiger partial charge in [0, 0.05) is 25.2 Å². The van der Waals surface area contributed by atoms with E-state index in [1.54, 1.807) is 19.1 Å². The van der Waals surface area contributed by atoms with E-state index >= 15 is 0 Å². The Morgan fingerprint density at radius 3 is 2.30 bits per heavy atom. The second-order valence-corrected chi connectivity index (χ2v) is 10.5. The summed E-state index contributed by atoms with van der Waals surface area (Å²) in [5.41, 5.74) is 2.97. The molecule has 2 unspecified atom stereocenters. The van der Waals surface area contributed by atoms with Crippen molar-refractivity contribution in [3.05, 3.63) is 65.2 Å². The lowest BCUT2D eigenvalue weighted by molar-refractivity contribution is -0.119. The van der Waals surface area contributed by atoms with Crippen molar-refractivity contribution in [3.8, 4) is 0 Å². The minimum atomic E-state index is -3.67. The molecule has 0 aromatic heterocycles. The Kier molecular flexibility index (Phi) is 6.83. The van der Waals surface area contributed by atoms with E-state index in [2.05, 4.69) is 34.5 Å².